The average Bonchev–Trinajstić information content (AvgIpc) is 0.938. The van der Waals surface area contributed by atoms with Gasteiger partial charge in [-0.2, -0.15) is 0 Å². The molecule has 8 aromatic carbocycles. The third kappa shape index (κ3) is 21.5. The van der Waals surface area contributed by atoms with E-state index in [1.807, 2.05) is 48.5 Å². The van der Waals surface area contributed by atoms with E-state index in [9.17, 15) is 44.0 Å². The molecule has 534 valence electrons. The van der Waals surface area contributed by atoms with Gasteiger partial charge in [-0.3, -0.25) is 10.8 Å². The minimum absolute atomic E-state index is 0.00324. The normalized spacial score (nSPS) is 14.7. The van der Waals surface area contributed by atoms with Gasteiger partial charge in [0.1, 0.15) is 17.5 Å². The summed E-state index contributed by atoms with van der Waals surface area (Å²) in [6, 6.07) is 49.5. The molecule has 101 heavy (non-hydrogen) atoms. The molecule has 25 nitrogen and oxygen atoms in total. The number of carbonyl (C=O) groups is 3. The van der Waals surface area contributed by atoms with Gasteiger partial charge in [0.15, 0.2) is 5.84 Å². The molecule has 12 N–H and O–H groups in total. The van der Waals surface area contributed by atoms with Crippen LogP contribution in [0, 0.1) is 16.6 Å². The monoisotopic (exact) mass is 1440 g/mol. The highest BCUT2D eigenvalue weighted by Gasteiger charge is 2.31. The van der Waals surface area contributed by atoms with Crippen LogP contribution >= 0.6 is 0 Å². The average molecular weight is 1440 g/mol. The Morgan fingerprint density at radius 2 is 0.762 bits per heavy atom. The lowest BCUT2D eigenvalue weighted by atomic mass is 10.1. The highest BCUT2D eigenvalue weighted by atomic mass is 32.2. The fourth-order valence-corrected chi connectivity index (χ4v) is 15.2. The number of nitrogens with one attached hydrogen (secondary N) is 5. The number of halogens is 1. The highest BCUT2D eigenvalue weighted by molar-refractivity contribution is 7.89. The second-order valence-corrected chi connectivity index (χ2v) is 29.9. The number of hydrogen-bond acceptors (Lipinski definition) is 13. The van der Waals surface area contributed by atoms with E-state index in [1.54, 1.807) is 118 Å². The maximum atomic E-state index is 14.0. The second kappa shape index (κ2) is 35.3. The Kier molecular flexibility index (Phi) is 26.3. The van der Waals surface area contributed by atoms with Crippen LogP contribution in [-0.2, 0) is 55.5 Å². The number of carbonyl (C=O) groups excluding carboxylic acids is 3. The first kappa shape index (κ1) is 75.2. The molecule has 0 aliphatic carbocycles. The zero-order valence-electron chi connectivity index (χ0n) is 56.0. The molecule has 0 atom stereocenters. The van der Waals surface area contributed by atoms with Crippen molar-refractivity contribution in [2.45, 2.75) is 112 Å². The highest BCUT2D eigenvalue weighted by Crippen LogP contribution is 2.25. The summed E-state index contributed by atoms with van der Waals surface area (Å²) in [4.78, 5) is 52.7. The number of amides is 6. The number of nitrogens with two attached hydrogens (primary N) is 3. The van der Waals surface area contributed by atoms with E-state index >= 15 is 0 Å². The number of benzene rings is 8. The molecule has 3 saturated heterocycles. The number of oxime groups is 1. The lowest BCUT2D eigenvalue weighted by molar-refractivity contribution is 0.142. The Morgan fingerprint density at radius 3 is 1.13 bits per heavy atom. The lowest BCUT2D eigenvalue weighted by Crippen LogP contribution is -2.52. The summed E-state index contributed by atoms with van der Waals surface area (Å²) in [6.45, 7) is 3.29. The number of rotatable bonds is 19. The van der Waals surface area contributed by atoms with Crippen molar-refractivity contribution in [1.82, 2.24) is 44.2 Å². The van der Waals surface area contributed by atoms with Gasteiger partial charge in [-0.15, -0.1) is 14.5 Å². The second-order valence-electron chi connectivity index (χ2n) is 24.9. The van der Waals surface area contributed by atoms with Crippen LogP contribution in [0.1, 0.15) is 116 Å². The van der Waals surface area contributed by atoms with Crippen molar-refractivity contribution in [3.8, 4) is 0 Å². The minimum Gasteiger partial charge on any atom is -0.409 e. The van der Waals surface area contributed by atoms with Crippen LogP contribution in [0.5, 0.6) is 0 Å². The van der Waals surface area contributed by atoms with E-state index in [4.69, 9.17) is 33.2 Å². The van der Waals surface area contributed by atoms with Crippen LogP contribution in [0.2, 0.25) is 0 Å². The van der Waals surface area contributed by atoms with Gasteiger partial charge in [0, 0.05) is 61.5 Å². The summed E-state index contributed by atoms with van der Waals surface area (Å²) in [6.07, 6.45) is 11.4. The number of amidine groups is 3. The molecule has 3 aliphatic rings. The van der Waals surface area contributed by atoms with Gasteiger partial charge >= 0.3 is 18.1 Å². The quantitative estimate of drug-likeness (QED) is 0.0158. The van der Waals surface area contributed by atoms with E-state index in [0.29, 0.717) is 72.6 Å². The molecule has 0 unspecified atom stereocenters. The zero-order chi connectivity index (χ0) is 72.1. The molecule has 0 spiro atoms. The van der Waals surface area contributed by atoms with E-state index in [1.165, 1.54) is 30.3 Å². The summed E-state index contributed by atoms with van der Waals surface area (Å²) < 4.78 is 93.1. The van der Waals surface area contributed by atoms with Gasteiger partial charge in [-0.25, -0.2) is 59.1 Å². The van der Waals surface area contributed by atoms with Crippen LogP contribution in [0.15, 0.2) is 197 Å². The zero-order valence-corrected chi connectivity index (χ0v) is 58.4. The van der Waals surface area contributed by atoms with Crippen LogP contribution in [0.4, 0.5) is 18.8 Å². The molecule has 6 amide bonds. The molecule has 3 aliphatic heterocycles. The lowest BCUT2D eigenvalue weighted by Gasteiger charge is -2.30. The Balaban J connectivity index is 0.000000177. The molecule has 3 heterocycles. The maximum absolute atomic E-state index is 14.0. The predicted octanol–water partition coefficient (Wildman–Crippen LogP) is 10.4. The Bertz CT molecular complexity index is 4620. The SMILES string of the molecule is N/C(=N\O)c1cccc(CN(NS(=O)(=O)c2ccc3ccccc3c2)C(=O)N2CCCCCC2)c1.N=C(N)c1cccc(CN(NS(=O)(=O)Cc2ccccc2F)C(=O)N2CCCCCC2)c1.N=C(N)c1cccc(CN(NS(=O)(=O)c2ccc3ccccc3c2)C(=O)N2CCCCCC2)c1. The van der Waals surface area contributed by atoms with Crippen molar-refractivity contribution < 1.29 is 49.2 Å². The van der Waals surface area contributed by atoms with Crippen molar-refractivity contribution in [2.75, 3.05) is 39.3 Å². The maximum Gasteiger partial charge on any atom is 0.335 e. The van der Waals surface area contributed by atoms with Crippen LogP contribution in [0.3, 0.4) is 0 Å². The summed E-state index contributed by atoms with van der Waals surface area (Å²) >= 11 is 0. The summed E-state index contributed by atoms with van der Waals surface area (Å²) in [5.41, 5.74) is 20.2. The number of nitrogen functional groups attached to an aromatic ring is 2. The van der Waals surface area contributed by atoms with Gasteiger partial charge in [0.25, 0.3) is 20.0 Å². The standard InChI is InChI=1S/C25H29N5O4S.C25H29N5O3S.C22H28FN5O3S/c26-24(27-32)22-11-7-8-19(16-22)18-30(25(31)29-14-5-1-2-6-15-29)28-35(33,34)23-13-12-20-9-3-4-10-21(20)17-23;26-24(27)22-11-7-8-19(16-22)18-30(25(31)29-14-5-1-2-6-15-29)28-34(32,33)23-13-12-20-9-3-4-10-21(20)17-23;23-20-11-4-3-9-19(20)16-32(30,31)26-28(22(29)27-12-5-1-2-6-13-27)15-17-8-7-10-18(14-17)21(24)25/h3-4,7-13,16-17,28,32H,1-2,5-6,14-15,18H2,(H2,26,27);3-4,7-13,16-17,28H,1-2,5-6,14-15,18H2,(H3,26,27);3-4,7-11,14,26H,1-2,5-6,12-13,15-16H2,(H3,24,25). The van der Waals surface area contributed by atoms with Crippen LogP contribution in [0.25, 0.3) is 21.5 Å². The topological polar surface area (TPSA) is 368 Å². The first-order chi connectivity index (χ1) is 48.4. The van der Waals surface area contributed by atoms with E-state index in [0.717, 1.165) is 114 Å². The number of sulfonamides is 3. The molecule has 3 fully saturated rings. The summed E-state index contributed by atoms with van der Waals surface area (Å²) in [7, 11) is -12.2. The largest absolute Gasteiger partial charge is 0.409 e. The Hall–Kier alpha value is -10.0. The molecule has 11 rings (SSSR count). The smallest absolute Gasteiger partial charge is 0.335 e. The molecular weight excluding hydrogens is 1350 g/mol. The van der Waals surface area contributed by atoms with Gasteiger partial charge in [0.05, 0.1) is 35.2 Å². The number of fused-ring (bicyclic) bond motifs is 2. The number of hydrazine groups is 3. The summed E-state index contributed by atoms with van der Waals surface area (Å²) in [5.74, 6) is -1.52. The fraction of sp³-hybridized carbons (Fsp3) is 0.306. The van der Waals surface area contributed by atoms with Gasteiger partial charge in [0.2, 0.25) is 10.0 Å². The van der Waals surface area contributed by atoms with Crippen molar-refractivity contribution in [3.63, 3.8) is 0 Å². The number of nitrogens with zero attached hydrogens (tertiary/aromatic N) is 7. The Morgan fingerprint density at radius 1 is 0.426 bits per heavy atom. The molecule has 0 radical (unpaired) electrons. The minimum atomic E-state index is -4.07. The molecular formula is C72H86FN15O10S3. The third-order valence-corrected chi connectivity index (χ3v) is 21.1. The van der Waals surface area contributed by atoms with Crippen molar-refractivity contribution >= 4 is 87.2 Å². The number of hydrogen-bond donors (Lipinski definition) is 9. The molecule has 0 aromatic heterocycles. The number of urea groups is 3. The van der Waals surface area contributed by atoms with Crippen molar-refractivity contribution in [2.24, 2.45) is 22.4 Å². The number of likely N-dealkylation sites (tertiary alicyclic amines) is 3. The molecule has 8 aromatic rings. The summed E-state index contributed by atoms with van der Waals surface area (Å²) in [5, 5.41) is 34.1. The first-order valence-corrected chi connectivity index (χ1v) is 38.0. The van der Waals surface area contributed by atoms with Gasteiger partial charge < -0.3 is 37.1 Å². The van der Waals surface area contributed by atoms with E-state index in [2.05, 4.69) is 19.6 Å². The van der Waals surface area contributed by atoms with E-state index in [-0.39, 0.29) is 58.5 Å². The molecule has 0 saturated carbocycles. The molecule has 0 bridgehead atoms. The van der Waals surface area contributed by atoms with Crippen molar-refractivity contribution in [3.05, 3.63) is 227 Å². The van der Waals surface area contributed by atoms with Crippen LogP contribution in [-0.4, -0.2) is 135 Å². The van der Waals surface area contributed by atoms with E-state index < -0.39 is 53.7 Å². The fourth-order valence-electron chi connectivity index (χ4n) is 11.9. The molecule has 29 heteroatoms. The first-order valence-electron chi connectivity index (χ1n) is 33.3. The van der Waals surface area contributed by atoms with Crippen LogP contribution < -0.4 is 31.7 Å². The Labute approximate surface area is 588 Å². The third-order valence-electron chi connectivity index (χ3n) is 17.2. The van der Waals surface area contributed by atoms with Crippen molar-refractivity contribution in [1.29, 1.82) is 10.8 Å². The van der Waals surface area contributed by atoms with Gasteiger partial charge in [-0.05, 0) is 125 Å². The predicted molar refractivity (Wildman–Crippen MR) is 388 cm³/mol. The van der Waals surface area contributed by atoms with Gasteiger partial charge in [-0.1, -0.05) is 177 Å².